The predicted molar refractivity (Wildman–Crippen MR) is 146 cm³/mol. The highest BCUT2D eigenvalue weighted by Crippen LogP contribution is 2.24. The standard InChI is InChI=1S/C29H30N6O2/c1-19-7-10-22(11-8-19)32-26-17-20(2)31-29(35-26)34-24-14-12-23(13-15-24)33-28(36)21-9-16-27(30-18-21)37-25-5-3-4-6-25/h7-18,25H,3-6H2,1-2H3,(H,33,36)(H2,31,32,34,35). The fraction of sp³-hybridized carbons (Fsp3) is 0.241. The van der Waals surface area contributed by atoms with E-state index in [0.29, 0.717) is 28.9 Å². The molecule has 8 nitrogen and oxygen atoms in total. The Labute approximate surface area is 216 Å². The summed E-state index contributed by atoms with van der Waals surface area (Å²) < 4.78 is 5.87. The van der Waals surface area contributed by atoms with E-state index in [0.717, 1.165) is 29.9 Å². The second-order valence-corrected chi connectivity index (χ2v) is 9.28. The molecule has 1 aliphatic carbocycles. The number of benzene rings is 2. The maximum atomic E-state index is 12.7. The van der Waals surface area contributed by atoms with Crippen LogP contribution in [0, 0.1) is 13.8 Å². The number of amides is 1. The molecule has 0 unspecified atom stereocenters. The summed E-state index contributed by atoms with van der Waals surface area (Å²) in [7, 11) is 0. The minimum absolute atomic E-state index is 0.227. The highest BCUT2D eigenvalue weighted by molar-refractivity contribution is 6.04. The van der Waals surface area contributed by atoms with Gasteiger partial charge in [0.15, 0.2) is 0 Å². The van der Waals surface area contributed by atoms with Gasteiger partial charge in [0, 0.05) is 41.1 Å². The summed E-state index contributed by atoms with van der Waals surface area (Å²) in [5, 5.41) is 9.45. The van der Waals surface area contributed by atoms with Crippen LogP contribution in [-0.4, -0.2) is 27.0 Å². The molecule has 1 fully saturated rings. The minimum atomic E-state index is -0.227. The van der Waals surface area contributed by atoms with E-state index in [9.17, 15) is 4.79 Å². The summed E-state index contributed by atoms with van der Waals surface area (Å²) in [5.41, 5.74) is 4.95. The van der Waals surface area contributed by atoms with E-state index in [4.69, 9.17) is 4.74 Å². The summed E-state index contributed by atoms with van der Waals surface area (Å²) in [4.78, 5) is 26.0. The molecule has 0 aliphatic heterocycles. The second-order valence-electron chi connectivity index (χ2n) is 9.28. The van der Waals surface area contributed by atoms with Crippen LogP contribution < -0.4 is 20.7 Å². The van der Waals surface area contributed by atoms with E-state index in [1.54, 1.807) is 18.3 Å². The summed E-state index contributed by atoms with van der Waals surface area (Å²) in [6.07, 6.45) is 6.31. The Bertz CT molecular complexity index is 1350. The quantitative estimate of drug-likeness (QED) is 0.255. The molecule has 37 heavy (non-hydrogen) atoms. The summed E-state index contributed by atoms with van der Waals surface area (Å²) in [6.45, 7) is 3.98. The van der Waals surface area contributed by atoms with E-state index in [2.05, 4.69) is 37.8 Å². The SMILES string of the molecule is Cc1ccc(Nc2cc(C)nc(Nc3ccc(NC(=O)c4ccc(OC5CCCC5)nc4)cc3)n2)cc1. The van der Waals surface area contributed by atoms with Crippen LogP contribution in [0.15, 0.2) is 72.9 Å². The molecule has 0 atom stereocenters. The Kier molecular flexibility index (Phi) is 7.26. The first-order valence-electron chi connectivity index (χ1n) is 12.5. The largest absolute Gasteiger partial charge is 0.474 e. The third kappa shape index (κ3) is 6.61. The zero-order valence-electron chi connectivity index (χ0n) is 21.0. The van der Waals surface area contributed by atoms with Gasteiger partial charge in [0.05, 0.1) is 5.56 Å². The molecule has 8 heteroatoms. The molecule has 0 spiro atoms. The number of aromatic nitrogens is 3. The number of nitrogens with zero attached hydrogens (tertiary/aromatic N) is 3. The Morgan fingerprint density at radius 2 is 1.51 bits per heavy atom. The van der Waals surface area contributed by atoms with Crippen molar-refractivity contribution in [1.29, 1.82) is 0 Å². The summed E-state index contributed by atoms with van der Waals surface area (Å²) in [6, 6.07) is 20.9. The van der Waals surface area contributed by atoms with Crippen molar-refractivity contribution in [3.8, 4) is 5.88 Å². The van der Waals surface area contributed by atoms with E-state index in [-0.39, 0.29) is 12.0 Å². The number of nitrogens with one attached hydrogen (secondary N) is 3. The molecule has 0 radical (unpaired) electrons. The van der Waals surface area contributed by atoms with Crippen LogP contribution in [0.25, 0.3) is 0 Å². The van der Waals surface area contributed by atoms with E-state index in [1.807, 2.05) is 61.5 Å². The first kappa shape index (κ1) is 24.2. The molecule has 2 aromatic carbocycles. The number of rotatable bonds is 8. The number of pyridine rings is 1. The highest BCUT2D eigenvalue weighted by Gasteiger charge is 2.17. The number of ether oxygens (including phenoxy) is 1. The van der Waals surface area contributed by atoms with Crippen molar-refractivity contribution >= 4 is 34.7 Å². The smallest absolute Gasteiger partial charge is 0.257 e. The zero-order valence-corrected chi connectivity index (χ0v) is 21.0. The average molecular weight is 495 g/mol. The van der Waals surface area contributed by atoms with Gasteiger partial charge in [0.2, 0.25) is 11.8 Å². The van der Waals surface area contributed by atoms with Gasteiger partial charge < -0.3 is 20.7 Å². The van der Waals surface area contributed by atoms with Gasteiger partial charge in [-0.3, -0.25) is 4.79 Å². The lowest BCUT2D eigenvalue weighted by molar-refractivity contribution is 0.102. The molecule has 1 aliphatic rings. The van der Waals surface area contributed by atoms with Gasteiger partial charge in [-0.15, -0.1) is 0 Å². The van der Waals surface area contributed by atoms with Crippen molar-refractivity contribution in [3.05, 3.63) is 89.7 Å². The summed E-state index contributed by atoms with van der Waals surface area (Å²) in [5.74, 6) is 1.53. The Morgan fingerprint density at radius 1 is 0.838 bits per heavy atom. The summed E-state index contributed by atoms with van der Waals surface area (Å²) >= 11 is 0. The van der Waals surface area contributed by atoms with Crippen molar-refractivity contribution in [2.45, 2.75) is 45.6 Å². The van der Waals surface area contributed by atoms with Gasteiger partial charge in [-0.05, 0) is 82.0 Å². The molecule has 2 heterocycles. The Morgan fingerprint density at radius 3 is 2.22 bits per heavy atom. The minimum Gasteiger partial charge on any atom is -0.474 e. The maximum absolute atomic E-state index is 12.7. The molecular formula is C29H30N6O2. The molecule has 188 valence electrons. The lowest BCUT2D eigenvalue weighted by Crippen LogP contribution is -2.14. The molecule has 2 aromatic heterocycles. The molecule has 0 saturated heterocycles. The predicted octanol–water partition coefficient (Wildman–Crippen LogP) is 6.55. The number of aryl methyl sites for hydroxylation is 2. The van der Waals surface area contributed by atoms with Crippen molar-refractivity contribution in [1.82, 2.24) is 15.0 Å². The topological polar surface area (TPSA) is 101 Å². The third-order valence-corrected chi connectivity index (χ3v) is 6.17. The molecule has 0 bridgehead atoms. The number of carbonyl (C=O) groups is 1. The first-order chi connectivity index (χ1) is 18.0. The monoisotopic (exact) mass is 494 g/mol. The van der Waals surface area contributed by atoms with Crippen molar-refractivity contribution < 1.29 is 9.53 Å². The second kappa shape index (κ2) is 11.1. The number of carbonyl (C=O) groups excluding carboxylic acids is 1. The van der Waals surface area contributed by atoms with Crippen LogP contribution in [0.1, 0.15) is 47.3 Å². The molecule has 5 rings (SSSR count). The van der Waals surface area contributed by atoms with Crippen molar-refractivity contribution in [2.75, 3.05) is 16.0 Å². The number of anilines is 5. The van der Waals surface area contributed by atoms with E-state index >= 15 is 0 Å². The Hall–Kier alpha value is -4.46. The van der Waals surface area contributed by atoms with Crippen LogP contribution in [0.2, 0.25) is 0 Å². The maximum Gasteiger partial charge on any atom is 0.257 e. The lowest BCUT2D eigenvalue weighted by Gasteiger charge is -2.12. The molecule has 1 saturated carbocycles. The number of hydrogen-bond acceptors (Lipinski definition) is 7. The highest BCUT2D eigenvalue weighted by atomic mass is 16.5. The molecule has 1 amide bonds. The van der Waals surface area contributed by atoms with Crippen LogP contribution in [-0.2, 0) is 0 Å². The molecule has 4 aromatic rings. The number of hydrogen-bond donors (Lipinski definition) is 3. The first-order valence-corrected chi connectivity index (χ1v) is 12.5. The van der Waals surface area contributed by atoms with Crippen LogP contribution in [0.5, 0.6) is 5.88 Å². The zero-order chi connectivity index (χ0) is 25.6. The van der Waals surface area contributed by atoms with Gasteiger partial charge in [-0.1, -0.05) is 17.7 Å². The van der Waals surface area contributed by atoms with Crippen LogP contribution in [0.3, 0.4) is 0 Å². The Balaban J connectivity index is 1.18. The van der Waals surface area contributed by atoms with Gasteiger partial charge >= 0.3 is 0 Å². The normalized spacial score (nSPS) is 13.2. The van der Waals surface area contributed by atoms with E-state index in [1.165, 1.54) is 18.4 Å². The van der Waals surface area contributed by atoms with Gasteiger partial charge in [-0.2, -0.15) is 4.98 Å². The van der Waals surface area contributed by atoms with Gasteiger partial charge in [0.1, 0.15) is 11.9 Å². The van der Waals surface area contributed by atoms with E-state index < -0.39 is 0 Å². The fourth-order valence-corrected chi connectivity index (χ4v) is 4.20. The van der Waals surface area contributed by atoms with Gasteiger partial charge in [0.25, 0.3) is 5.91 Å². The fourth-order valence-electron chi connectivity index (χ4n) is 4.20. The van der Waals surface area contributed by atoms with Crippen molar-refractivity contribution in [2.24, 2.45) is 0 Å². The molecular weight excluding hydrogens is 464 g/mol. The average Bonchev–Trinajstić information content (AvgIpc) is 3.40. The van der Waals surface area contributed by atoms with Crippen LogP contribution >= 0.6 is 0 Å². The van der Waals surface area contributed by atoms with Crippen LogP contribution in [0.4, 0.5) is 28.8 Å². The van der Waals surface area contributed by atoms with Gasteiger partial charge in [-0.25, -0.2) is 9.97 Å². The lowest BCUT2D eigenvalue weighted by atomic mass is 10.2. The van der Waals surface area contributed by atoms with Crippen molar-refractivity contribution in [3.63, 3.8) is 0 Å². The third-order valence-electron chi connectivity index (χ3n) is 6.17. The molecule has 3 N–H and O–H groups in total.